The molecular weight excluding hydrogens is 306 g/mol. The fourth-order valence-corrected chi connectivity index (χ4v) is 2.46. The summed E-state index contributed by atoms with van der Waals surface area (Å²) in [7, 11) is 1.36. The lowest BCUT2D eigenvalue weighted by Gasteiger charge is -2.13. The topological polar surface area (TPSA) is 69.4 Å². The number of hydrogen-bond donors (Lipinski definition) is 0. The normalized spacial score (nSPS) is 12.5. The number of hydrogen-bond acceptors (Lipinski definition) is 4. The molecule has 0 aliphatic heterocycles. The van der Waals surface area contributed by atoms with E-state index in [-0.39, 0.29) is 17.6 Å². The van der Waals surface area contributed by atoms with Crippen molar-refractivity contribution in [3.8, 4) is 0 Å². The lowest BCUT2D eigenvalue weighted by molar-refractivity contribution is -0.384. The Kier molecular flexibility index (Phi) is 5.84. The van der Waals surface area contributed by atoms with Gasteiger partial charge in [-0.2, -0.15) is 0 Å². The molecule has 0 aromatic heterocycles. The zero-order valence-corrected chi connectivity index (χ0v) is 13.6. The zero-order chi connectivity index (χ0) is 17.5. The molecule has 0 fully saturated rings. The van der Waals surface area contributed by atoms with E-state index in [0.717, 1.165) is 11.1 Å². The monoisotopic (exact) mass is 325 g/mol. The molecule has 0 aliphatic carbocycles. The lowest BCUT2D eigenvalue weighted by Crippen LogP contribution is -2.08. The van der Waals surface area contributed by atoms with Crippen LogP contribution in [-0.2, 0) is 9.53 Å². The van der Waals surface area contributed by atoms with Crippen LogP contribution < -0.4 is 0 Å². The van der Waals surface area contributed by atoms with Gasteiger partial charge in [0.05, 0.1) is 12.0 Å². The van der Waals surface area contributed by atoms with Crippen LogP contribution >= 0.6 is 0 Å². The minimum atomic E-state index is -0.427. The Morgan fingerprint density at radius 1 is 1.17 bits per heavy atom. The Bertz CT molecular complexity index is 736. The second-order valence-corrected chi connectivity index (χ2v) is 5.53. The number of methoxy groups -OCH3 is 1. The molecule has 0 spiro atoms. The summed E-state index contributed by atoms with van der Waals surface area (Å²) in [6.07, 6.45) is 2.30. The van der Waals surface area contributed by atoms with Gasteiger partial charge in [-0.25, -0.2) is 4.79 Å². The highest BCUT2D eigenvalue weighted by Gasteiger charge is 2.16. The number of esters is 1. The van der Waals surface area contributed by atoms with Gasteiger partial charge in [0, 0.05) is 17.7 Å². The van der Waals surface area contributed by atoms with E-state index in [2.05, 4.69) is 0 Å². The fourth-order valence-electron chi connectivity index (χ4n) is 2.46. The summed E-state index contributed by atoms with van der Waals surface area (Å²) in [5, 5.41) is 10.7. The smallest absolute Gasteiger partial charge is 0.333 e. The highest BCUT2D eigenvalue weighted by molar-refractivity contribution is 5.93. The van der Waals surface area contributed by atoms with Crippen molar-refractivity contribution in [2.45, 2.75) is 19.3 Å². The number of rotatable bonds is 6. The molecule has 2 aromatic rings. The molecule has 0 heterocycles. The predicted molar refractivity (Wildman–Crippen MR) is 92.6 cm³/mol. The van der Waals surface area contributed by atoms with Gasteiger partial charge < -0.3 is 4.74 Å². The lowest BCUT2D eigenvalue weighted by atomic mass is 9.92. The SMILES string of the molecule is COC(=O)/C(=C\c1ccccc1)CC(C)c1ccc([N+](=O)[O-])cc1. The molecule has 5 heteroatoms. The van der Waals surface area contributed by atoms with Crippen molar-refractivity contribution in [2.75, 3.05) is 7.11 Å². The summed E-state index contributed by atoms with van der Waals surface area (Å²) in [6, 6.07) is 15.9. The number of nitro groups is 1. The molecule has 2 aromatic carbocycles. The maximum absolute atomic E-state index is 12.0. The van der Waals surface area contributed by atoms with Gasteiger partial charge in [-0.15, -0.1) is 0 Å². The second kappa shape index (κ2) is 8.06. The van der Waals surface area contributed by atoms with Gasteiger partial charge in [0.1, 0.15) is 0 Å². The minimum Gasteiger partial charge on any atom is -0.466 e. The average molecular weight is 325 g/mol. The first-order valence-corrected chi connectivity index (χ1v) is 7.59. The third-order valence-corrected chi connectivity index (χ3v) is 3.79. The van der Waals surface area contributed by atoms with Crippen molar-refractivity contribution >= 4 is 17.7 Å². The van der Waals surface area contributed by atoms with E-state index in [0.29, 0.717) is 12.0 Å². The molecule has 0 N–H and O–H groups in total. The van der Waals surface area contributed by atoms with Crippen LogP contribution in [0.15, 0.2) is 60.2 Å². The predicted octanol–water partition coefficient (Wildman–Crippen LogP) is 4.35. The van der Waals surface area contributed by atoms with Crippen LogP contribution in [0.4, 0.5) is 5.69 Å². The Balaban J connectivity index is 2.21. The molecule has 0 saturated heterocycles. The summed E-state index contributed by atoms with van der Waals surface area (Å²) in [5.74, 6) is -0.340. The number of non-ortho nitro benzene ring substituents is 1. The van der Waals surface area contributed by atoms with Gasteiger partial charge in [0.15, 0.2) is 0 Å². The quantitative estimate of drug-likeness (QED) is 0.343. The maximum atomic E-state index is 12.0. The third kappa shape index (κ3) is 4.52. The second-order valence-electron chi connectivity index (χ2n) is 5.53. The Labute approximate surface area is 140 Å². The molecule has 0 aliphatic rings. The third-order valence-electron chi connectivity index (χ3n) is 3.79. The molecule has 24 heavy (non-hydrogen) atoms. The van der Waals surface area contributed by atoms with Gasteiger partial charge in [0.2, 0.25) is 0 Å². The molecule has 0 amide bonds. The molecular formula is C19H19NO4. The van der Waals surface area contributed by atoms with Crippen LogP contribution in [0.5, 0.6) is 0 Å². The molecule has 5 nitrogen and oxygen atoms in total. The first-order chi connectivity index (χ1) is 11.5. The number of carbonyl (C=O) groups is 1. The van der Waals surface area contributed by atoms with Gasteiger partial charge in [-0.3, -0.25) is 10.1 Å². The van der Waals surface area contributed by atoms with E-state index < -0.39 is 4.92 Å². The van der Waals surface area contributed by atoms with Crippen LogP contribution in [0.3, 0.4) is 0 Å². The van der Waals surface area contributed by atoms with Crippen molar-refractivity contribution in [3.63, 3.8) is 0 Å². The van der Waals surface area contributed by atoms with Crippen molar-refractivity contribution in [3.05, 3.63) is 81.4 Å². The Hall–Kier alpha value is -2.95. The minimum absolute atomic E-state index is 0.0277. The first kappa shape index (κ1) is 17.4. The maximum Gasteiger partial charge on any atom is 0.333 e. The van der Waals surface area contributed by atoms with Gasteiger partial charge in [-0.05, 0) is 29.5 Å². The molecule has 124 valence electrons. The van der Waals surface area contributed by atoms with Crippen molar-refractivity contribution < 1.29 is 14.5 Å². The van der Waals surface area contributed by atoms with Crippen LogP contribution in [0.2, 0.25) is 0 Å². The van der Waals surface area contributed by atoms with E-state index in [4.69, 9.17) is 4.74 Å². The number of benzene rings is 2. The summed E-state index contributed by atoms with van der Waals surface area (Å²) in [5.41, 5.74) is 2.48. The standard InChI is InChI=1S/C19H19NO4/c1-14(16-8-10-18(11-9-16)20(22)23)12-17(19(21)24-2)13-15-6-4-3-5-7-15/h3-11,13-14H,12H2,1-2H3/b17-13-. The van der Waals surface area contributed by atoms with Crippen LogP contribution in [-0.4, -0.2) is 18.0 Å². The Morgan fingerprint density at radius 2 is 1.79 bits per heavy atom. The Morgan fingerprint density at radius 3 is 2.33 bits per heavy atom. The van der Waals surface area contributed by atoms with Crippen LogP contribution in [0.1, 0.15) is 30.4 Å². The summed E-state index contributed by atoms with van der Waals surface area (Å²) >= 11 is 0. The fraction of sp³-hybridized carbons (Fsp3) is 0.211. The van der Waals surface area contributed by atoms with E-state index in [1.54, 1.807) is 12.1 Å². The van der Waals surface area contributed by atoms with Gasteiger partial charge in [0.25, 0.3) is 5.69 Å². The van der Waals surface area contributed by atoms with E-state index in [1.807, 2.05) is 43.3 Å². The van der Waals surface area contributed by atoms with E-state index in [1.165, 1.54) is 19.2 Å². The molecule has 0 bridgehead atoms. The molecule has 1 unspecified atom stereocenters. The first-order valence-electron chi connectivity index (χ1n) is 7.59. The van der Waals surface area contributed by atoms with Gasteiger partial charge >= 0.3 is 5.97 Å². The van der Waals surface area contributed by atoms with Crippen molar-refractivity contribution in [1.29, 1.82) is 0 Å². The molecule has 0 radical (unpaired) electrons. The summed E-state index contributed by atoms with van der Waals surface area (Å²) < 4.78 is 4.88. The number of carbonyl (C=O) groups excluding carboxylic acids is 1. The van der Waals surface area contributed by atoms with E-state index in [9.17, 15) is 14.9 Å². The summed E-state index contributed by atoms with van der Waals surface area (Å²) in [4.78, 5) is 22.3. The van der Waals surface area contributed by atoms with Crippen LogP contribution in [0, 0.1) is 10.1 Å². The van der Waals surface area contributed by atoms with Crippen molar-refractivity contribution in [1.82, 2.24) is 0 Å². The number of ether oxygens (including phenoxy) is 1. The number of nitro benzene ring substituents is 1. The average Bonchev–Trinajstić information content (AvgIpc) is 2.61. The van der Waals surface area contributed by atoms with E-state index >= 15 is 0 Å². The molecule has 0 saturated carbocycles. The summed E-state index contributed by atoms with van der Waals surface area (Å²) in [6.45, 7) is 1.98. The zero-order valence-electron chi connectivity index (χ0n) is 13.6. The number of nitrogens with zero attached hydrogens (tertiary/aromatic N) is 1. The van der Waals surface area contributed by atoms with Gasteiger partial charge in [-0.1, -0.05) is 49.4 Å². The molecule has 1 atom stereocenters. The highest BCUT2D eigenvalue weighted by Crippen LogP contribution is 2.26. The molecule has 2 rings (SSSR count). The van der Waals surface area contributed by atoms with Crippen LogP contribution in [0.25, 0.3) is 6.08 Å². The highest BCUT2D eigenvalue weighted by atomic mass is 16.6. The largest absolute Gasteiger partial charge is 0.466 e. The van der Waals surface area contributed by atoms with Crippen molar-refractivity contribution in [2.24, 2.45) is 0 Å².